The summed E-state index contributed by atoms with van der Waals surface area (Å²) < 4.78 is 0.551. The Morgan fingerprint density at radius 1 is 1.05 bits per heavy atom. The number of nitrogens with one attached hydrogen (secondary N) is 1. The van der Waals surface area contributed by atoms with E-state index in [0.29, 0.717) is 14.7 Å². The van der Waals surface area contributed by atoms with Gasteiger partial charge in [-0.1, -0.05) is 56.2 Å². The van der Waals surface area contributed by atoms with Gasteiger partial charge in [0.1, 0.15) is 10.5 Å². The van der Waals surface area contributed by atoms with Crippen LogP contribution in [0.25, 0.3) is 11.3 Å². The summed E-state index contributed by atoms with van der Waals surface area (Å²) in [6, 6.07) is 7.21. The highest BCUT2D eigenvalue weighted by molar-refractivity contribution is 7.71. The predicted octanol–water partition coefficient (Wildman–Crippen LogP) is 5.41. The Bertz CT molecular complexity index is 652. The van der Waals surface area contributed by atoms with E-state index in [-0.39, 0.29) is 5.41 Å². The van der Waals surface area contributed by atoms with E-state index < -0.39 is 0 Å². The zero-order chi connectivity index (χ0) is 14.2. The SMILES string of the molecule is CC(C)(C)c1nc(=S)cc(-c2cc(Cl)cc(Cl)c2)[nH]1. The molecule has 100 valence electrons. The van der Waals surface area contributed by atoms with Crippen LogP contribution in [0.3, 0.4) is 0 Å². The molecule has 0 amide bonds. The molecule has 2 aromatic rings. The van der Waals surface area contributed by atoms with Crippen molar-refractivity contribution in [1.29, 1.82) is 0 Å². The molecule has 1 aromatic carbocycles. The van der Waals surface area contributed by atoms with E-state index in [1.807, 2.05) is 18.2 Å². The van der Waals surface area contributed by atoms with E-state index in [1.54, 1.807) is 6.07 Å². The fourth-order valence-corrected chi connectivity index (χ4v) is 2.41. The number of halogens is 2. The van der Waals surface area contributed by atoms with Crippen LogP contribution in [-0.4, -0.2) is 9.97 Å². The van der Waals surface area contributed by atoms with Crippen LogP contribution in [0.4, 0.5) is 0 Å². The lowest BCUT2D eigenvalue weighted by Gasteiger charge is -2.18. The lowest BCUT2D eigenvalue weighted by Crippen LogP contribution is -2.16. The van der Waals surface area contributed by atoms with Gasteiger partial charge in [-0.05, 0) is 24.3 Å². The van der Waals surface area contributed by atoms with E-state index >= 15 is 0 Å². The van der Waals surface area contributed by atoms with Crippen LogP contribution in [0.15, 0.2) is 24.3 Å². The predicted molar refractivity (Wildman–Crippen MR) is 83.6 cm³/mol. The van der Waals surface area contributed by atoms with E-state index in [2.05, 4.69) is 30.7 Å². The average Bonchev–Trinajstić information content (AvgIpc) is 2.25. The first-order chi connectivity index (χ1) is 8.75. The summed E-state index contributed by atoms with van der Waals surface area (Å²) in [7, 11) is 0. The second-order valence-electron chi connectivity index (χ2n) is 5.39. The number of hydrogen-bond acceptors (Lipinski definition) is 2. The highest BCUT2D eigenvalue weighted by atomic mass is 35.5. The van der Waals surface area contributed by atoms with Gasteiger partial charge >= 0.3 is 0 Å². The molecule has 0 saturated carbocycles. The van der Waals surface area contributed by atoms with Crippen molar-refractivity contribution >= 4 is 35.4 Å². The molecule has 19 heavy (non-hydrogen) atoms. The quantitative estimate of drug-likeness (QED) is 0.713. The summed E-state index contributed by atoms with van der Waals surface area (Å²) in [4.78, 5) is 7.67. The van der Waals surface area contributed by atoms with Gasteiger partial charge in [0.2, 0.25) is 0 Å². The maximum Gasteiger partial charge on any atom is 0.130 e. The number of aromatic nitrogens is 2. The number of hydrogen-bond donors (Lipinski definition) is 1. The number of H-pyrrole nitrogens is 1. The summed E-state index contributed by atoms with van der Waals surface area (Å²) in [5, 5.41) is 1.19. The Morgan fingerprint density at radius 2 is 1.63 bits per heavy atom. The van der Waals surface area contributed by atoms with Gasteiger partial charge in [-0.2, -0.15) is 0 Å². The van der Waals surface area contributed by atoms with Crippen LogP contribution in [-0.2, 0) is 5.41 Å². The fraction of sp³-hybridized carbons (Fsp3) is 0.286. The second kappa shape index (κ2) is 5.23. The highest BCUT2D eigenvalue weighted by Crippen LogP contribution is 2.27. The van der Waals surface area contributed by atoms with Gasteiger partial charge in [-0.25, -0.2) is 4.98 Å². The van der Waals surface area contributed by atoms with Crippen molar-refractivity contribution in [2.45, 2.75) is 26.2 Å². The van der Waals surface area contributed by atoms with Crippen molar-refractivity contribution in [2.75, 3.05) is 0 Å². The molecule has 2 nitrogen and oxygen atoms in total. The molecule has 0 bridgehead atoms. The lowest BCUT2D eigenvalue weighted by atomic mass is 9.95. The smallest absolute Gasteiger partial charge is 0.130 e. The van der Waals surface area contributed by atoms with Crippen molar-refractivity contribution in [1.82, 2.24) is 9.97 Å². The Kier molecular flexibility index (Phi) is 4.00. The number of benzene rings is 1. The summed E-state index contributed by atoms with van der Waals surface area (Å²) in [6.07, 6.45) is 0. The molecule has 1 heterocycles. The minimum Gasteiger partial charge on any atom is -0.343 e. The van der Waals surface area contributed by atoms with Gasteiger partial charge in [0.25, 0.3) is 0 Å². The van der Waals surface area contributed by atoms with E-state index in [4.69, 9.17) is 35.4 Å². The van der Waals surface area contributed by atoms with Crippen molar-refractivity contribution in [3.05, 3.63) is 44.8 Å². The van der Waals surface area contributed by atoms with Crippen LogP contribution < -0.4 is 0 Å². The molecule has 1 aromatic heterocycles. The monoisotopic (exact) mass is 312 g/mol. The molecule has 0 atom stereocenters. The van der Waals surface area contributed by atoms with Gasteiger partial charge < -0.3 is 4.98 Å². The zero-order valence-corrected chi connectivity index (χ0v) is 13.2. The summed E-state index contributed by atoms with van der Waals surface area (Å²) in [6.45, 7) is 6.24. The first-order valence-electron chi connectivity index (χ1n) is 5.84. The molecule has 0 unspecified atom stereocenters. The lowest BCUT2D eigenvalue weighted by molar-refractivity contribution is 0.545. The molecule has 1 N–H and O–H groups in total. The van der Waals surface area contributed by atoms with Crippen molar-refractivity contribution in [3.8, 4) is 11.3 Å². The molecule has 5 heteroatoms. The van der Waals surface area contributed by atoms with E-state index in [1.165, 1.54) is 0 Å². The van der Waals surface area contributed by atoms with Crippen molar-refractivity contribution in [3.63, 3.8) is 0 Å². The minimum atomic E-state index is -0.105. The molecule has 0 spiro atoms. The molecule has 0 radical (unpaired) electrons. The Morgan fingerprint density at radius 3 is 2.16 bits per heavy atom. The molecule has 0 aliphatic rings. The van der Waals surface area contributed by atoms with Gasteiger partial charge in [0.05, 0.1) is 0 Å². The number of nitrogens with zero attached hydrogens (tertiary/aromatic N) is 1. The minimum absolute atomic E-state index is 0.105. The van der Waals surface area contributed by atoms with Gasteiger partial charge in [-0.3, -0.25) is 0 Å². The van der Waals surface area contributed by atoms with Crippen molar-refractivity contribution in [2.24, 2.45) is 0 Å². The third-order valence-electron chi connectivity index (χ3n) is 2.63. The van der Waals surface area contributed by atoms with Gasteiger partial charge in [0.15, 0.2) is 0 Å². The summed E-state index contributed by atoms with van der Waals surface area (Å²) >= 11 is 17.3. The van der Waals surface area contributed by atoms with Gasteiger partial charge in [-0.15, -0.1) is 0 Å². The molecular weight excluding hydrogens is 299 g/mol. The first-order valence-corrected chi connectivity index (χ1v) is 7.00. The molecular formula is C14H14Cl2N2S. The van der Waals surface area contributed by atoms with Crippen LogP contribution in [0.1, 0.15) is 26.6 Å². The number of aromatic amines is 1. The Labute approximate surface area is 127 Å². The average molecular weight is 313 g/mol. The van der Waals surface area contributed by atoms with Crippen LogP contribution in [0.5, 0.6) is 0 Å². The number of rotatable bonds is 1. The van der Waals surface area contributed by atoms with Crippen LogP contribution in [0.2, 0.25) is 10.0 Å². The normalized spacial score (nSPS) is 11.6. The molecule has 0 aliphatic carbocycles. The van der Waals surface area contributed by atoms with Crippen LogP contribution >= 0.6 is 35.4 Å². The molecule has 0 fully saturated rings. The Balaban J connectivity index is 2.63. The first kappa shape index (κ1) is 14.5. The molecule has 0 saturated heterocycles. The maximum absolute atomic E-state index is 6.03. The maximum atomic E-state index is 6.03. The Hall–Kier alpha value is -0.900. The topological polar surface area (TPSA) is 28.7 Å². The summed E-state index contributed by atoms with van der Waals surface area (Å²) in [5.41, 5.74) is 1.66. The third-order valence-corrected chi connectivity index (χ3v) is 3.27. The standard InChI is InChI=1S/C14H14Cl2N2S/c1-14(2,3)13-17-11(7-12(19)18-13)8-4-9(15)6-10(16)5-8/h4-7H,1-3H3,(H,17,18,19). The zero-order valence-electron chi connectivity index (χ0n) is 10.9. The highest BCUT2D eigenvalue weighted by Gasteiger charge is 2.17. The summed E-state index contributed by atoms with van der Waals surface area (Å²) in [5.74, 6) is 0.839. The van der Waals surface area contributed by atoms with Crippen molar-refractivity contribution < 1.29 is 0 Å². The van der Waals surface area contributed by atoms with Gasteiger partial charge in [0, 0.05) is 26.7 Å². The van der Waals surface area contributed by atoms with E-state index in [9.17, 15) is 0 Å². The third kappa shape index (κ3) is 3.56. The van der Waals surface area contributed by atoms with E-state index in [0.717, 1.165) is 17.1 Å². The fourth-order valence-electron chi connectivity index (χ4n) is 1.68. The molecule has 0 aliphatic heterocycles. The van der Waals surface area contributed by atoms with Crippen LogP contribution in [0, 0.1) is 4.64 Å². The molecule has 2 rings (SSSR count). The second-order valence-corrected chi connectivity index (χ2v) is 6.68. The largest absolute Gasteiger partial charge is 0.343 e.